The summed E-state index contributed by atoms with van der Waals surface area (Å²) in [5, 5.41) is 0. The van der Waals surface area contributed by atoms with Crippen molar-refractivity contribution in [2.75, 3.05) is 13.1 Å². The molecule has 0 amide bonds. The fourth-order valence-electron chi connectivity index (χ4n) is 4.12. The number of rotatable bonds is 4. The van der Waals surface area contributed by atoms with Gasteiger partial charge in [-0.15, -0.1) is 0 Å². The third kappa shape index (κ3) is 6.13. The minimum absolute atomic E-state index is 0.532. The van der Waals surface area contributed by atoms with Crippen molar-refractivity contribution in [3.05, 3.63) is 60.6 Å². The molecule has 0 saturated carbocycles. The minimum atomic E-state index is -4.74. The second-order valence-corrected chi connectivity index (χ2v) is 11.4. The average molecular weight is 545 g/mol. The van der Waals surface area contributed by atoms with Gasteiger partial charge in [-0.25, -0.2) is 31.0 Å². The Balaban J connectivity index is 0.000000197. The Kier molecular flexibility index (Phi) is 7.59. The highest BCUT2D eigenvalue weighted by molar-refractivity contribution is 7.86. The first-order valence-corrected chi connectivity index (χ1v) is 14.3. The molecule has 1 saturated heterocycles. The number of fused-ring (bicyclic) bond motifs is 2. The molecule has 0 radical (unpaired) electrons. The molecule has 1 aliphatic heterocycles. The van der Waals surface area contributed by atoms with Gasteiger partial charge >= 0.3 is 5.65 Å². The van der Waals surface area contributed by atoms with E-state index in [9.17, 15) is 25.9 Å². The molecule has 37 heavy (non-hydrogen) atoms. The highest BCUT2D eigenvalue weighted by Crippen LogP contribution is 2.17. The summed E-state index contributed by atoms with van der Waals surface area (Å²) in [6.07, 6.45) is 8.33. The van der Waals surface area contributed by atoms with E-state index in [-0.39, 0.29) is 0 Å². The standard InChI is InChI=1S/C18H22N5.C6H6O6S2/c1-21-16(10-13-23-11-6-3-7-12-23)22(2)18-17(21)19-14-8-4-5-9-15(14)20-18;7-13(8,9)5-2-1-3-6(4-5)14(10,11)12/h4-5,8-10,13H,3,6-7,11-12H2,1-2H3;1-4H,(H,7,8,9)(H,10,11,12)/q+1;/p-2. The van der Waals surface area contributed by atoms with Crippen molar-refractivity contribution in [3.8, 4) is 0 Å². The van der Waals surface area contributed by atoms with Gasteiger partial charge in [-0.3, -0.25) is 0 Å². The van der Waals surface area contributed by atoms with Crippen LogP contribution >= 0.6 is 0 Å². The number of para-hydroxylation sites is 2. The average Bonchev–Trinajstić information content (AvgIpc) is 3.10. The normalized spacial score (nSPS) is 14.8. The predicted molar refractivity (Wildman–Crippen MR) is 134 cm³/mol. The molecular formula is C24H26N5O6S2-. The Labute approximate surface area is 215 Å². The number of benzene rings is 2. The van der Waals surface area contributed by atoms with Crippen LogP contribution in [0.5, 0.6) is 0 Å². The summed E-state index contributed by atoms with van der Waals surface area (Å²) in [5.74, 6) is 1.11. The second-order valence-electron chi connectivity index (χ2n) is 8.63. The van der Waals surface area contributed by atoms with E-state index in [0.717, 1.165) is 59.4 Å². The molecule has 0 atom stereocenters. The number of nitrogens with zero attached hydrogens (tertiary/aromatic N) is 5. The first kappa shape index (κ1) is 26.7. The molecule has 4 aromatic rings. The van der Waals surface area contributed by atoms with Crippen molar-refractivity contribution in [3.63, 3.8) is 0 Å². The van der Waals surface area contributed by atoms with Crippen molar-refractivity contribution in [2.24, 2.45) is 14.1 Å². The number of hydrogen-bond donors (Lipinski definition) is 0. The zero-order chi connectivity index (χ0) is 26.8. The quantitative estimate of drug-likeness (QED) is 0.277. The highest BCUT2D eigenvalue weighted by Gasteiger charge is 2.21. The summed E-state index contributed by atoms with van der Waals surface area (Å²) in [7, 11) is -5.36. The van der Waals surface area contributed by atoms with Gasteiger partial charge in [0.1, 0.15) is 25.8 Å². The van der Waals surface area contributed by atoms with E-state index in [1.54, 1.807) is 0 Å². The first-order valence-electron chi connectivity index (χ1n) is 11.5. The molecule has 5 rings (SSSR count). The number of aromatic nitrogens is 4. The summed E-state index contributed by atoms with van der Waals surface area (Å²) < 4.78 is 67.0. The van der Waals surface area contributed by atoms with Crippen molar-refractivity contribution in [1.29, 1.82) is 0 Å². The predicted octanol–water partition coefficient (Wildman–Crippen LogP) is 1.90. The third-order valence-electron chi connectivity index (χ3n) is 6.07. The monoisotopic (exact) mass is 544 g/mol. The molecule has 0 unspecified atom stereocenters. The Morgan fingerprint density at radius 3 is 2.00 bits per heavy atom. The summed E-state index contributed by atoms with van der Waals surface area (Å²) in [5.41, 5.74) is 3.72. The summed E-state index contributed by atoms with van der Waals surface area (Å²) in [6, 6.07) is 11.4. The molecule has 2 aromatic carbocycles. The Hall–Kier alpha value is -3.39. The fourth-order valence-corrected chi connectivity index (χ4v) is 5.23. The van der Waals surface area contributed by atoms with E-state index in [1.807, 2.05) is 24.3 Å². The number of aryl methyl sites for hydroxylation is 2. The number of hydrogen-bond acceptors (Lipinski definition) is 9. The maximum absolute atomic E-state index is 10.5. The zero-order valence-corrected chi connectivity index (χ0v) is 21.9. The van der Waals surface area contributed by atoms with E-state index in [2.05, 4.69) is 40.4 Å². The molecule has 0 aliphatic carbocycles. The van der Waals surface area contributed by atoms with Crippen LogP contribution in [0.25, 0.3) is 28.4 Å². The van der Waals surface area contributed by atoms with Crippen LogP contribution in [0, 0.1) is 0 Å². The lowest BCUT2D eigenvalue weighted by Gasteiger charge is -2.24. The highest BCUT2D eigenvalue weighted by atomic mass is 32.2. The first-order chi connectivity index (χ1) is 17.4. The summed E-state index contributed by atoms with van der Waals surface area (Å²) in [6.45, 7) is 2.31. The fraction of sp³-hybridized carbons (Fsp3) is 0.292. The zero-order valence-electron chi connectivity index (χ0n) is 20.3. The van der Waals surface area contributed by atoms with Gasteiger partial charge in [-0.2, -0.15) is 0 Å². The molecular weight excluding hydrogens is 518 g/mol. The third-order valence-corrected chi connectivity index (χ3v) is 7.73. The number of piperidine rings is 1. The molecule has 0 N–H and O–H groups in total. The lowest BCUT2D eigenvalue weighted by molar-refractivity contribution is -0.649. The summed E-state index contributed by atoms with van der Waals surface area (Å²) in [4.78, 5) is 10.5. The van der Waals surface area contributed by atoms with Crippen molar-refractivity contribution >= 4 is 48.6 Å². The van der Waals surface area contributed by atoms with Crippen LogP contribution < -0.4 is 4.57 Å². The maximum atomic E-state index is 10.5. The van der Waals surface area contributed by atoms with E-state index in [0.29, 0.717) is 6.07 Å². The minimum Gasteiger partial charge on any atom is -0.744 e. The molecule has 11 nitrogen and oxygen atoms in total. The molecule has 1 fully saturated rings. The topological polar surface area (TPSA) is 152 Å². The lowest BCUT2D eigenvalue weighted by atomic mass is 10.1. The van der Waals surface area contributed by atoms with Crippen LogP contribution in [-0.2, 0) is 34.3 Å². The Morgan fingerprint density at radius 2 is 1.43 bits per heavy atom. The van der Waals surface area contributed by atoms with Crippen LogP contribution in [0.3, 0.4) is 0 Å². The molecule has 3 heterocycles. The van der Waals surface area contributed by atoms with Crippen LogP contribution in [0.1, 0.15) is 25.1 Å². The largest absolute Gasteiger partial charge is 0.744 e. The lowest BCUT2D eigenvalue weighted by Crippen LogP contribution is -2.32. The SMILES string of the molecule is Cn1c(C=CN2CCCCC2)[n+](C)c2nc3ccccc3nc21.O=S(=O)([O-])c1cccc(S(=O)(=O)[O-])c1. The summed E-state index contributed by atoms with van der Waals surface area (Å²) >= 11 is 0. The van der Waals surface area contributed by atoms with Crippen LogP contribution in [0.15, 0.2) is 64.5 Å². The number of likely N-dealkylation sites (tertiary alicyclic amines) is 1. The van der Waals surface area contributed by atoms with E-state index < -0.39 is 30.0 Å². The van der Waals surface area contributed by atoms with Gasteiger partial charge in [0, 0.05) is 25.4 Å². The van der Waals surface area contributed by atoms with Crippen molar-refractivity contribution in [1.82, 2.24) is 19.4 Å². The van der Waals surface area contributed by atoms with Gasteiger partial charge in [0.15, 0.2) is 5.52 Å². The van der Waals surface area contributed by atoms with Crippen LogP contribution in [0.2, 0.25) is 0 Å². The van der Waals surface area contributed by atoms with Gasteiger partial charge in [0.05, 0.1) is 23.9 Å². The molecule has 2 aromatic heterocycles. The Bertz CT molecular complexity index is 1590. The van der Waals surface area contributed by atoms with E-state index in [1.165, 1.54) is 19.3 Å². The van der Waals surface area contributed by atoms with Gasteiger partial charge in [-0.1, -0.05) is 23.2 Å². The van der Waals surface area contributed by atoms with E-state index >= 15 is 0 Å². The Morgan fingerprint density at radius 1 is 0.865 bits per heavy atom. The van der Waals surface area contributed by atoms with Crippen molar-refractivity contribution < 1.29 is 30.5 Å². The molecule has 13 heteroatoms. The van der Waals surface area contributed by atoms with Gasteiger partial charge in [-0.05, 0) is 49.6 Å². The molecule has 0 spiro atoms. The maximum Gasteiger partial charge on any atom is 0.322 e. The second kappa shape index (κ2) is 10.5. The van der Waals surface area contributed by atoms with Gasteiger partial charge in [0.25, 0.3) is 5.65 Å². The van der Waals surface area contributed by atoms with Crippen LogP contribution in [0.4, 0.5) is 0 Å². The number of imidazole rings is 1. The van der Waals surface area contributed by atoms with Gasteiger partial charge in [0.2, 0.25) is 5.82 Å². The molecule has 0 bridgehead atoms. The van der Waals surface area contributed by atoms with Crippen molar-refractivity contribution in [2.45, 2.75) is 29.1 Å². The van der Waals surface area contributed by atoms with Gasteiger partial charge < -0.3 is 14.0 Å². The molecule has 1 aliphatic rings. The van der Waals surface area contributed by atoms with Crippen LogP contribution in [-0.4, -0.2) is 58.5 Å². The smallest absolute Gasteiger partial charge is 0.322 e. The molecule has 196 valence electrons. The van der Waals surface area contributed by atoms with E-state index in [4.69, 9.17) is 9.97 Å².